The molecule has 0 spiro atoms. The molecular formula is C15H24ClN3O. The largest absolute Gasteiger partial charge is 0.370 e. The van der Waals surface area contributed by atoms with Gasteiger partial charge in [0, 0.05) is 19.3 Å². The number of nitrogens with zero attached hydrogens (tertiary/aromatic N) is 1. The molecule has 0 aromatic carbocycles. The van der Waals surface area contributed by atoms with Gasteiger partial charge in [0.2, 0.25) is 0 Å². The molecule has 4 nitrogen and oxygen atoms in total. The molecule has 0 aliphatic rings. The topological polar surface area (TPSA) is 54.0 Å². The van der Waals surface area contributed by atoms with Gasteiger partial charge in [-0.15, -0.1) is 0 Å². The number of aromatic nitrogens is 1. The van der Waals surface area contributed by atoms with Crippen molar-refractivity contribution in [1.82, 2.24) is 10.3 Å². The maximum Gasteiger partial charge on any atom is 0.252 e. The van der Waals surface area contributed by atoms with Crippen LogP contribution in [0.4, 0.5) is 5.82 Å². The smallest absolute Gasteiger partial charge is 0.252 e. The second-order valence-electron chi connectivity index (χ2n) is 5.27. The Morgan fingerprint density at radius 2 is 2.15 bits per heavy atom. The monoisotopic (exact) mass is 297 g/mol. The first-order valence-corrected chi connectivity index (χ1v) is 7.60. The zero-order valence-electron chi connectivity index (χ0n) is 12.5. The molecule has 112 valence electrons. The molecule has 0 saturated carbocycles. The number of nitrogens with one attached hydrogen (secondary N) is 2. The number of carbonyl (C=O) groups is 1. The summed E-state index contributed by atoms with van der Waals surface area (Å²) in [7, 11) is 0. The minimum atomic E-state index is -0.138. The highest BCUT2D eigenvalue weighted by molar-refractivity contribution is 6.33. The van der Waals surface area contributed by atoms with Crippen LogP contribution in [0.5, 0.6) is 0 Å². The van der Waals surface area contributed by atoms with Crippen molar-refractivity contribution in [2.75, 3.05) is 18.4 Å². The van der Waals surface area contributed by atoms with E-state index in [9.17, 15) is 4.79 Å². The first-order valence-electron chi connectivity index (χ1n) is 7.22. The third kappa shape index (κ3) is 5.78. The lowest BCUT2D eigenvalue weighted by molar-refractivity contribution is 0.0952. The summed E-state index contributed by atoms with van der Waals surface area (Å²) in [6.45, 7) is 7.92. The Labute approximate surface area is 126 Å². The van der Waals surface area contributed by atoms with Crippen LogP contribution in [0.15, 0.2) is 12.3 Å². The van der Waals surface area contributed by atoms with Crippen molar-refractivity contribution < 1.29 is 4.79 Å². The quantitative estimate of drug-likeness (QED) is 0.719. The third-order valence-electron chi connectivity index (χ3n) is 2.90. The summed E-state index contributed by atoms with van der Waals surface area (Å²) in [5.74, 6) is 1.20. The van der Waals surface area contributed by atoms with E-state index < -0.39 is 0 Å². The van der Waals surface area contributed by atoms with Crippen LogP contribution >= 0.6 is 11.6 Å². The average molecular weight is 298 g/mol. The van der Waals surface area contributed by atoms with Gasteiger partial charge in [-0.1, -0.05) is 32.4 Å². The fourth-order valence-corrected chi connectivity index (χ4v) is 1.96. The number of halogens is 1. The highest BCUT2D eigenvalue weighted by Crippen LogP contribution is 2.18. The van der Waals surface area contributed by atoms with Crippen LogP contribution in [-0.2, 0) is 0 Å². The van der Waals surface area contributed by atoms with Gasteiger partial charge in [0.25, 0.3) is 5.91 Å². The zero-order chi connectivity index (χ0) is 15.0. The molecular weight excluding hydrogens is 274 g/mol. The van der Waals surface area contributed by atoms with Gasteiger partial charge in [0.1, 0.15) is 5.82 Å². The predicted molar refractivity (Wildman–Crippen MR) is 84.4 cm³/mol. The summed E-state index contributed by atoms with van der Waals surface area (Å²) < 4.78 is 0. The molecule has 0 atom stereocenters. The first-order chi connectivity index (χ1) is 9.54. The number of hydrogen-bond acceptors (Lipinski definition) is 3. The molecule has 0 aliphatic heterocycles. The lowest BCUT2D eigenvalue weighted by Crippen LogP contribution is -2.25. The summed E-state index contributed by atoms with van der Waals surface area (Å²) in [4.78, 5) is 16.2. The molecule has 0 saturated heterocycles. The lowest BCUT2D eigenvalue weighted by Gasteiger charge is -2.10. The normalized spacial score (nSPS) is 10.7. The molecule has 0 fully saturated rings. The van der Waals surface area contributed by atoms with Gasteiger partial charge in [-0.3, -0.25) is 4.79 Å². The van der Waals surface area contributed by atoms with Crippen LogP contribution in [0.3, 0.4) is 0 Å². The van der Waals surface area contributed by atoms with Crippen molar-refractivity contribution in [3.63, 3.8) is 0 Å². The zero-order valence-corrected chi connectivity index (χ0v) is 13.3. The Morgan fingerprint density at radius 1 is 1.40 bits per heavy atom. The SMILES string of the molecule is CCCNc1cc(C(=O)NCCCC(C)C)c(Cl)cn1. The second-order valence-corrected chi connectivity index (χ2v) is 5.68. The Hall–Kier alpha value is -1.29. The van der Waals surface area contributed by atoms with E-state index in [-0.39, 0.29) is 5.91 Å². The number of anilines is 1. The van der Waals surface area contributed by atoms with Gasteiger partial charge >= 0.3 is 0 Å². The molecule has 20 heavy (non-hydrogen) atoms. The molecule has 1 amide bonds. The molecule has 0 unspecified atom stereocenters. The van der Waals surface area contributed by atoms with E-state index in [4.69, 9.17) is 11.6 Å². The lowest BCUT2D eigenvalue weighted by atomic mass is 10.1. The van der Waals surface area contributed by atoms with Crippen LogP contribution in [0.1, 0.15) is 50.4 Å². The Balaban J connectivity index is 2.57. The molecule has 5 heteroatoms. The molecule has 0 aliphatic carbocycles. The van der Waals surface area contributed by atoms with Crippen molar-refractivity contribution in [3.05, 3.63) is 22.8 Å². The second kappa shape index (κ2) is 8.80. The van der Waals surface area contributed by atoms with E-state index in [0.717, 1.165) is 25.8 Å². The highest BCUT2D eigenvalue weighted by Gasteiger charge is 2.11. The van der Waals surface area contributed by atoms with Crippen LogP contribution in [-0.4, -0.2) is 24.0 Å². The van der Waals surface area contributed by atoms with Crippen molar-refractivity contribution in [3.8, 4) is 0 Å². The van der Waals surface area contributed by atoms with Crippen molar-refractivity contribution in [2.24, 2.45) is 5.92 Å². The summed E-state index contributed by atoms with van der Waals surface area (Å²) in [5, 5.41) is 6.43. The molecule has 0 bridgehead atoms. The van der Waals surface area contributed by atoms with E-state index in [1.54, 1.807) is 6.07 Å². The first kappa shape index (κ1) is 16.8. The van der Waals surface area contributed by atoms with Crippen LogP contribution in [0, 0.1) is 5.92 Å². The molecule has 1 rings (SSSR count). The van der Waals surface area contributed by atoms with Gasteiger partial charge in [-0.05, 0) is 31.2 Å². The Morgan fingerprint density at radius 3 is 2.80 bits per heavy atom. The molecule has 1 aromatic rings. The van der Waals surface area contributed by atoms with Gasteiger partial charge in [-0.2, -0.15) is 0 Å². The van der Waals surface area contributed by atoms with Crippen LogP contribution in [0.25, 0.3) is 0 Å². The number of pyridine rings is 1. The molecule has 2 N–H and O–H groups in total. The minimum Gasteiger partial charge on any atom is -0.370 e. The fourth-order valence-electron chi connectivity index (χ4n) is 1.77. The number of amides is 1. The van der Waals surface area contributed by atoms with E-state index in [2.05, 4.69) is 36.4 Å². The molecule has 1 heterocycles. The van der Waals surface area contributed by atoms with E-state index in [1.807, 2.05) is 0 Å². The van der Waals surface area contributed by atoms with Gasteiger partial charge in [0.05, 0.1) is 10.6 Å². The van der Waals surface area contributed by atoms with E-state index >= 15 is 0 Å². The van der Waals surface area contributed by atoms with E-state index in [1.165, 1.54) is 6.20 Å². The maximum absolute atomic E-state index is 12.1. The van der Waals surface area contributed by atoms with Crippen LogP contribution < -0.4 is 10.6 Å². The summed E-state index contributed by atoms with van der Waals surface area (Å²) in [6.07, 6.45) is 4.60. The summed E-state index contributed by atoms with van der Waals surface area (Å²) >= 11 is 6.04. The third-order valence-corrected chi connectivity index (χ3v) is 3.20. The Kier molecular flexibility index (Phi) is 7.37. The molecule has 0 radical (unpaired) electrons. The van der Waals surface area contributed by atoms with Crippen molar-refractivity contribution in [2.45, 2.75) is 40.0 Å². The average Bonchev–Trinajstić information content (AvgIpc) is 2.42. The number of rotatable bonds is 8. The number of carbonyl (C=O) groups excluding carboxylic acids is 1. The van der Waals surface area contributed by atoms with Gasteiger partial charge in [-0.25, -0.2) is 4.98 Å². The summed E-state index contributed by atoms with van der Waals surface area (Å²) in [5.41, 5.74) is 0.477. The number of hydrogen-bond donors (Lipinski definition) is 2. The predicted octanol–water partition coefficient (Wildman–Crippen LogP) is 3.72. The summed E-state index contributed by atoms with van der Waals surface area (Å²) in [6, 6.07) is 1.70. The molecule has 1 aromatic heterocycles. The highest BCUT2D eigenvalue weighted by atomic mass is 35.5. The van der Waals surface area contributed by atoms with Crippen molar-refractivity contribution in [1.29, 1.82) is 0 Å². The van der Waals surface area contributed by atoms with Crippen LogP contribution in [0.2, 0.25) is 5.02 Å². The standard InChI is InChI=1S/C15H24ClN3O/c1-4-7-17-14-9-12(13(16)10-19-14)15(20)18-8-5-6-11(2)3/h9-11H,4-8H2,1-3H3,(H,17,19)(H,18,20). The van der Waals surface area contributed by atoms with Gasteiger partial charge in [0.15, 0.2) is 0 Å². The maximum atomic E-state index is 12.1. The Bertz CT molecular complexity index is 435. The van der Waals surface area contributed by atoms with E-state index in [0.29, 0.717) is 28.9 Å². The minimum absolute atomic E-state index is 0.138. The van der Waals surface area contributed by atoms with Crippen molar-refractivity contribution >= 4 is 23.3 Å². The van der Waals surface area contributed by atoms with Gasteiger partial charge < -0.3 is 10.6 Å². The fraction of sp³-hybridized carbons (Fsp3) is 0.600.